The standard InChI is InChI=1S/C22H22N4O2S/c1-13-4-6-15(7-5-13)10-19-14(2)23-22(29-19)25-21(28)16-8-9-18-17(11-16)24-20(27)12-26(18)3/h4-9,11H,10,12H2,1-3H3,(H,24,27)(H,23,25,28). The summed E-state index contributed by atoms with van der Waals surface area (Å²) in [7, 11) is 1.85. The number of likely N-dealkylation sites (N-methyl/N-ethyl adjacent to an activating group) is 1. The van der Waals surface area contributed by atoms with Crippen molar-refractivity contribution in [3.8, 4) is 0 Å². The largest absolute Gasteiger partial charge is 0.364 e. The smallest absolute Gasteiger partial charge is 0.257 e. The molecule has 2 N–H and O–H groups in total. The van der Waals surface area contributed by atoms with Gasteiger partial charge in [0.2, 0.25) is 5.91 Å². The molecule has 1 aliphatic rings. The van der Waals surface area contributed by atoms with Crippen LogP contribution in [0.1, 0.15) is 32.1 Å². The van der Waals surface area contributed by atoms with Gasteiger partial charge in [-0.3, -0.25) is 14.9 Å². The van der Waals surface area contributed by atoms with E-state index < -0.39 is 0 Å². The normalized spacial score (nSPS) is 13.1. The van der Waals surface area contributed by atoms with E-state index in [1.807, 2.05) is 24.9 Å². The summed E-state index contributed by atoms with van der Waals surface area (Å²) in [5.74, 6) is -0.334. The van der Waals surface area contributed by atoms with Crippen molar-refractivity contribution in [1.29, 1.82) is 0 Å². The minimum Gasteiger partial charge on any atom is -0.364 e. The molecular weight excluding hydrogens is 384 g/mol. The number of amides is 2. The Morgan fingerprint density at radius 3 is 2.72 bits per heavy atom. The molecule has 0 unspecified atom stereocenters. The molecule has 29 heavy (non-hydrogen) atoms. The van der Waals surface area contributed by atoms with E-state index in [1.165, 1.54) is 22.5 Å². The number of aryl methyl sites for hydroxylation is 2. The van der Waals surface area contributed by atoms with E-state index in [4.69, 9.17) is 0 Å². The van der Waals surface area contributed by atoms with Gasteiger partial charge < -0.3 is 10.2 Å². The maximum absolute atomic E-state index is 12.7. The Morgan fingerprint density at radius 2 is 1.97 bits per heavy atom. The van der Waals surface area contributed by atoms with E-state index in [2.05, 4.69) is 46.8 Å². The minimum atomic E-state index is -0.245. The molecule has 1 aromatic heterocycles. The first-order valence-corrected chi connectivity index (χ1v) is 10.2. The van der Waals surface area contributed by atoms with Gasteiger partial charge >= 0.3 is 0 Å². The van der Waals surface area contributed by atoms with E-state index in [-0.39, 0.29) is 11.8 Å². The first-order valence-electron chi connectivity index (χ1n) is 9.37. The van der Waals surface area contributed by atoms with E-state index in [9.17, 15) is 9.59 Å². The van der Waals surface area contributed by atoms with Crippen LogP contribution in [-0.4, -0.2) is 30.4 Å². The summed E-state index contributed by atoms with van der Waals surface area (Å²) in [6.45, 7) is 4.33. The molecular formula is C22H22N4O2S. The lowest BCUT2D eigenvalue weighted by atomic mass is 10.1. The summed E-state index contributed by atoms with van der Waals surface area (Å²) < 4.78 is 0. The second kappa shape index (κ2) is 7.67. The van der Waals surface area contributed by atoms with Crippen molar-refractivity contribution in [2.45, 2.75) is 20.3 Å². The number of fused-ring (bicyclic) bond motifs is 1. The summed E-state index contributed by atoms with van der Waals surface area (Å²) in [6, 6.07) is 13.7. The predicted molar refractivity (Wildman–Crippen MR) is 117 cm³/mol. The van der Waals surface area contributed by atoms with Gasteiger partial charge in [-0.2, -0.15) is 0 Å². The van der Waals surface area contributed by atoms with Crippen LogP contribution < -0.4 is 15.5 Å². The van der Waals surface area contributed by atoms with E-state index in [1.54, 1.807) is 12.1 Å². The SMILES string of the molecule is Cc1ccc(Cc2sc(NC(=O)c3ccc4c(c3)NC(=O)CN4C)nc2C)cc1. The van der Waals surface area contributed by atoms with Crippen LogP contribution in [0, 0.1) is 13.8 Å². The van der Waals surface area contributed by atoms with Crippen LogP contribution >= 0.6 is 11.3 Å². The van der Waals surface area contributed by atoms with Crippen molar-refractivity contribution in [3.05, 3.63) is 69.7 Å². The fraction of sp³-hybridized carbons (Fsp3) is 0.227. The van der Waals surface area contributed by atoms with Crippen LogP contribution in [0.3, 0.4) is 0 Å². The van der Waals surface area contributed by atoms with Crippen LogP contribution in [0.2, 0.25) is 0 Å². The van der Waals surface area contributed by atoms with Crippen LogP contribution in [-0.2, 0) is 11.2 Å². The number of nitrogens with zero attached hydrogens (tertiary/aromatic N) is 2. The van der Waals surface area contributed by atoms with E-state index in [0.29, 0.717) is 22.9 Å². The highest BCUT2D eigenvalue weighted by molar-refractivity contribution is 7.15. The fourth-order valence-electron chi connectivity index (χ4n) is 3.31. The maximum atomic E-state index is 12.7. The van der Waals surface area contributed by atoms with Crippen molar-refractivity contribution < 1.29 is 9.59 Å². The number of benzene rings is 2. The average Bonchev–Trinajstić information content (AvgIpc) is 3.01. The summed E-state index contributed by atoms with van der Waals surface area (Å²) >= 11 is 1.49. The Hall–Kier alpha value is -3.19. The zero-order valence-electron chi connectivity index (χ0n) is 16.6. The molecule has 0 bridgehead atoms. The number of nitrogens with one attached hydrogen (secondary N) is 2. The molecule has 0 atom stereocenters. The molecule has 1 aliphatic heterocycles. The Balaban J connectivity index is 1.50. The molecule has 3 aromatic rings. The molecule has 148 valence electrons. The fourth-order valence-corrected chi connectivity index (χ4v) is 4.30. The Bertz CT molecular complexity index is 1090. The molecule has 2 heterocycles. The van der Waals surface area contributed by atoms with E-state index >= 15 is 0 Å². The Labute approximate surface area is 173 Å². The second-order valence-corrected chi connectivity index (χ2v) is 8.36. The monoisotopic (exact) mass is 406 g/mol. The summed E-state index contributed by atoms with van der Waals surface area (Å²) in [5.41, 5.74) is 5.39. The third kappa shape index (κ3) is 4.14. The minimum absolute atomic E-state index is 0.0890. The van der Waals surface area contributed by atoms with Gasteiger partial charge in [-0.1, -0.05) is 29.8 Å². The van der Waals surface area contributed by atoms with Crippen LogP contribution in [0.15, 0.2) is 42.5 Å². The first-order chi connectivity index (χ1) is 13.9. The lowest BCUT2D eigenvalue weighted by Crippen LogP contribution is -2.35. The Morgan fingerprint density at radius 1 is 1.21 bits per heavy atom. The van der Waals surface area contributed by atoms with Crippen molar-refractivity contribution in [2.75, 3.05) is 29.1 Å². The zero-order chi connectivity index (χ0) is 20.5. The highest BCUT2D eigenvalue weighted by Gasteiger charge is 2.21. The molecule has 0 saturated heterocycles. The molecule has 0 saturated carbocycles. The van der Waals surface area contributed by atoms with Crippen molar-refractivity contribution in [2.24, 2.45) is 0 Å². The molecule has 6 nitrogen and oxygen atoms in total. The van der Waals surface area contributed by atoms with Gasteiger partial charge in [-0.25, -0.2) is 4.98 Å². The number of thiazole rings is 1. The second-order valence-electron chi connectivity index (χ2n) is 7.28. The van der Waals surface area contributed by atoms with Crippen LogP contribution in [0.5, 0.6) is 0 Å². The average molecular weight is 407 g/mol. The zero-order valence-corrected chi connectivity index (χ0v) is 17.4. The number of carbonyl (C=O) groups excluding carboxylic acids is 2. The molecule has 2 amide bonds. The summed E-state index contributed by atoms with van der Waals surface area (Å²) in [5, 5.41) is 6.28. The number of anilines is 3. The third-order valence-corrected chi connectivity index (χ3v) is 6.00. The van der Waals surface area contributed by atoms with Crippen molar-refractivity contribution in [3.63, 3.8) is 0 Å². The van der Waals surface area contributed by atoms with Crippen LogP contribution in [0.25, 0.3) is 0 Å². The van der Waals surface area contributed by atoms with Gasteiger partial charge in [0.1, 0.15) is 0 Å². The van der Waals surface area contributed by atoms with Crippen molar-refractivity contribution in [1.82, 2.24) is 4.98 Å². The number of aromatic nitrogens is 1. The van der Waals surface area contributed by atoms with Crippen LogP contribution in [0.4, 0.5) is 16.5 Å². The molecule has 0 radical (unpaired) electrons. The third-order valence-electron chi connectivity index (χ3n) is 4.92. The highest BCUT2D eigenvalue weighted by atomic mass is 32.1. The maximum Gasteiger partial charge on any atom is 0.257 e. The van der Waals surface area contributed by atoms with Gasteiger partial charge in [0.25, 0.3) is 5.91 Å². The van der Waals surface area contributed by atoms with E-state index in [0.717, 1.165) is 22.7 Å². The van der Waals surface area contributed by atoms with Crippen molar-refractivity contribution >= 4 is 39.7 Å². The molecule has 4 rings (SSSR count). The number of hydrogen-bond acceptors (Lipinski definition) is 5. The van der Waals surface area contributed by atoms with Gasteiger partial charge in [0.05, 0.1) is 23.6 Å². The van der Waals surface area contributed by atoms with Gasteiger partial charge in [0.15, 0.2) is 5.13 Å². The van der Waals surface area contributed by atoms with Gasteiger partial charge in [-0.05, 0) is 37.6 Å². The molecule has 0 spiro atoms. The number of rotatable bonds is 4. The Kier molecular flexibility index (Phi) is 5.07. The highest BCUT2D eigenvalue weighted by Crippen LogP contribution is 2.30. The number of hydrogen-bond donors (Lipinski definition) is 2. The van der Waals surface area contributed by atoms with Gasteiger partial charge in [0, 0.05) is 23.9 Å². The summed E-state index contributed by atoms with van der Waals surface area (Å²) in [4.78, 5) is 32.0. The quantitative estimate of drug-likeness (QED) is 0.687. The lowest BCUT2D eigenvalue weighted by molar-refractivity contribution is -0.115. The summed E-state index contributed by atoms with van der Waals surface area (Å²) in [6.07, 6.45) is 0.789. The predicted octanol–water partition coefficient (Wildman–Crippen LogP) is 3.99. The molecule has 0 aliphatic carbocycles. The molecule has 0 fully saturated rings. The lowest BCUT2D eigenvalue weighted by Gasteiger charge is -2.27. The topological polar surface area (TPSA) is 74.3 Å². The first kappa shape index (κ1) is 19.1. The number of carbonyl (C=O) groups is 2. The molecule has 7 heteroatoms. The van der Waals surface area contributed by atoms with Gasteiger partial charge in [-0.15, -0.1) is 11.3 Å². The molecule has 2 aromatic carbocycles.